The molecule has 0 unspecified atom stereocenters. The SMILES string of the molecule is O=[N+]([O-])c1ccc2c(c1)C(c1ccccc1)=NCc1nnc(CN3CCOCC3)n1-2. The third-order valence-corrected chi connectivity index (χ3v) is 5.38. The van der Waals surface area contributed by atoms with Gasteiger partial charge in [0.1, 0.15) is 6.54 Å². The lowest BCUT2D eigenvalue weighted by molar-refractivity contribution is -0.384. The first-order valence-corrected chi connectivity index (χ1v) is 9.83. The first kappa shape index (κ1) is 18.6. The molecule has 1 saturated heterocycles. The number of rotatable bonds is 4. The lowest BCUT2D eigenvalue weighted by Gasteiger charge is -2.26. The summed E-state index contributed by atoms with van der Waals surface area (Å²) >= 11 is 0. The minimum Gasteiger partial charge on any atom is -0.379 e. The summed E-state index contributed by atoms with van der Waals surface area (Å²) in [6.07, 6.45) is 0. The van der Waals surface area contributed by atoms with Crippen LogP contribution in [0.5, 0.6) is 0 Å². The van der Waals surface area contributed by atoms with Crippen molar-refractivity contribution in [2.75, 3.05) is 26.3 Å². The fraction of sp³-hybridized carbons (Fsp3) is 0.286. The van der Waals surface area contributed by atoms with Gasteiger partial charge in [-0.3, -0.25) is 24.6 Å². The molecule has 2 aliphatic rings. The molecule has 1 fully saturated rings. The molecule has 5 rings (SSSR count). The van der Waals surface area contributed by atoms with Crippen LogP contribution >= 0.6 is 0 Å². The third kappa shape index (κ3) is 3.38. The fourth-order valence-electron chi connectivity index (χ4n) is 3.90. The van der Waals surface area contributed by atoms with Crippen LogP contribution < -0.4 is 0 Å². The van der Waals surface area contributed by atoms with Crippen LogP contribution in [0, 0.1) is 10.1 Å². The van der Waals surface area contributed by atoms with E-state index in [4.69, 9.17) is 9.73 Å². The van der Waals surface area contributed by atoms with Crippen LogP contribution in [0.4, 0.5) is 5.69 Å². The van der Waals surface area contributed by atoms with Crippen molar-refractivity contribution in [1.82, 2.24) is 19.7 Å². The Balaban J connectivity index is 1.64. The second kappa shape index (κ2) is 7.77. The van der Waals surface area contributed by atoms with Gasteiger partial charge in [-0.05, 0) is 6.07 Å². The van der Waals surface area contributed by atoms with Gasteiger partial charge in [0.05, 0.1) is 36.1 Å². The summed E-state index contributed by atoms with van der Waals surface area (Å²) < 4.78 is 7.43. The smallest absolute Gasteiger partial charge is 0.270 e. The minimum atomic E-state index is -0.379. The average molecular weight is 404 g/mol. The van der Waals surface area contributed by atoms with E-state index in [2.05, 4.69) is 15.1 Å². The second-order valence-electron chi connectivity index (χ2n) is 7.25. The molecule has 30 heavy (non-hydrogen) atoms. The molecule has 0 atom stereocenters. The predicted octanol–water partition coefficient (Wildman–Crippen LogP) is 2.36. The van der Waals surface area contributed by atoms with Crippen LogP contribution in [0.15, 0.2) is 53.5 Å². The van der Waals surface area contributed by atoms with Crippen LogP contribution in [-0.4, -0.2) is 56.6 Å². The molecule has 152 valence electrons. The highest BCUT2D eigenvalue weighted by Crippen LogP contribution is 2.29. The molecule has 0 amide bonds. The van der Waals surface area contributed by atoms with E-state index in [1.165, 1.54) is 6.07 Å². The van der Waals surface area contributed by atoms with E-state index in [0.717, 1.165) is 41.7 Å². The number of nitrogens with zero attached hydrogens (tertiary/aromatic N) is 6. The van der Waals surface area contributed by atoms with Crippen molar-refractivity contribution in [2.24, 2.45) is 4.99 Å². The van der Waals surface area contributed by atoms with Crippen molar-refractivity contribution in [3.63, 3.8) is 0 Å². The van der Waals surface area contributed by atoms with Crippen molar-refractivity contribution in [2.45, 2.75) is 13.1 Å². The Morgan fingerprint density at radius 1 is 1.07 bits per heavy atom. The topological polar surface area (TPSA) is 98.7 Å². The van der Waals surface area contributed by atoms with Crippen molar-refractivity contribution >= 4 is 11.4 Å². The van der Waals surface area contributed by atoms with Crippen molar-refractivity contribution in [1.29, 1.82) is 0 Å². The molecular weight excluding hydrogens is 384 g/mol. The highest BCUT2D eigenvalue weighted by Gasteiger charge is 2.26. The van der Waals surface area contributed by atoms with E-state index in [-0.39, 0.29) is 10.6 Å². The Labute approximate surface area is 172 Å². The lowest BCUT2D eigenvalue weighted by Crippen LogP contribution is -2.36. The summed E-state index contributed by atoms with van der Waals surface area (Å²) in [6.45, 7) is 4.05. The Morgan fingerprint density at radius 2 is 1.87 bits per heavy atom. The molecule has 0 radical (unpaired) electrons. The molecular formula is C21H20N6O3. The number of hydrogen-bond acceptors (Lipinski definition) is 7. The van der Waals surface area contributed by atoms with Gasteiger partial charge in [-0.15, -0.1) is 10.2 Å². The van der Waals surface area contributed by atoms with Crippen molar-refractivity contribution < 1.29 is 9.66 Å². The molecule has 3 aromatic rings. The van der Waals surface area contributed by atoms with Crippen LogP contribution in [0.2, 0.25) is 0 Å². The molecule has 0 N–H and O–H groups in total. The van der Waals surface area contributed by atoms with E-state index in [9.17, 15) is 10.1 Å². The van der Waals surface area contributed by atoms with Crippen LogP contribution in [-0.2, 0) is 17.8 Å². The largest absolute Gasteiger partial charge is 0.379 e. The summed E-state index contributed by atoms with van der Waals surface area (Å²) in [6, 6.07) is 14.6. The first-order chi connectivity index (χ1) is 14.7. The van der Waals surface area contributed by atoms with Gasteiger partial charge in [0, 0.05) is 36.3 Å². The molecule has 2 aromatic carbocycles. The lowest BCUT2D eigenvalue weighted by atomic mass is 10.00. The molecule has 9 nitrogen and oxygen atoms in total. The molecule has 0 saturated carbocycles. The predicted molar refractivity (Wildman–Crippen MR) is 110 cm³/mol. The number of aromatic nitrogens is 3. The van der Waals surface area contributed by atoms with Gasteiger partial charge in [-0.2, -0.15) is 0 Å². The van der Waals surface area contributed by atoms with Crippen molar-refractivity contribution in [3.8, 4) is 5.69 Å². The van der Waals surface area contributed by atoms with Gasteiger partial charge in [-0.1, -0.05) is 30.3 Å². The van der Waals surface area contributed by atoms with Gasteiger partial charge in [0.25, 0.3) is 5.69 Å². The number of nitro groups is 1. The monoisotopic (exact) mass is 404 g/mol. The zero-order valence-corrected chi connectivity index (χ0v) is 16.3. The fourth-order valence-corrected chi connectivity index (χ4v) is 3.90. The second-order valence-corrected chi connectivity index (χ2v) is 7.25. The molecule has 0 spiro atoms. The third-order valence-electron chi connectivity index (χ3n) is 5.38. The minimum absolute atomic E-state index is 0.0311. The summed E-state index contributed by atoms with van der Waals surface area (Å²) in [4.78, 5) is 18.1. The Hall–Kier alpha value is -3.43. The Morgan fingerprint density at radius 3 is 2.63 bits per heavy atom. The highest BCUT2D eigenvalue weighted by atomic mass is 16.6. The quantitative estimate of drug-likeness (QED) is 0.489. The summed E-state index contributed by atoms with van der Waals surface area (Å²) in [5, 5.41) is 20.3. The van der Waals surface area contributed by atoms with Crippen LogP contribution in [0.25, 0.3) is 5.69 Å². The summed E-state index contributed by atoms with van der Waals surface area (Å²) in [5.74, 6) is 1.52. The molecule has 0 bridgehead atoms. The molecule has 0 aliphatic carbocycles. The standard InChI is InChI=1S/C21H20N6O3/c28-27(29)16-6-7-18-17(12-16)21(15-4-2-1-3-5-15)22-13-19-23-24-20(26(18)19)14-25-8-10-30-11-9-25/h1-7,12H,8-11,13-14H2. The number of nitro benzene ring substituents is 1. The summed E-state index contributed by atoms with van der Waals surface area (Å²) in [7, 11) is 0. The zero-order chi connectivity index (χ0) is 20.5. The number of fused-ring (bicyclic) bond motifs is 3. The maximum absolute atomic E-state index is 11.5. The van der Waals surface area contributed by atoms with E-state index in [0.29, 0.717) is 31.9 Å². The molecule has 3 heterocycles. The van der Waals surface area contributed by atoms with E-state index >= 15 is 0 Å². The van der Waals surface area contributed by atoms with E-state index in [1.807, 2.05) is 34.9 Å². The summed E-state index contributed by atoms with van der Waals surface area (Å²) in [5.41, 5.74) is 3.18. The zero-order valence-electron chi connectivity index (χ0n) is 16.3. The Bertz CT molecular complexity index is 1120. The number of morpholine rings is 1. The molecule has 1 aromatic heterocycles. The molecule has 9 heteroatoms. The first-order valence-electron chi connectivity index (χ1n) is 9.83. The highest BCUT2D eigenvalue weighted by molar-refractivity contribution is 6.15. The Kier molecular flexibility index (Phi) is 4.82. The average Bonchev–Trinajstić information content (AvgIpc) is 3.09. The van der Waals surface area contributed by atoms with Gasteiger partial charge in [-0.25, -0.2) is 0 Å². The van der Waals surface area contributed by atoms with Gasteiger partial charge < -0.3 is 4.74 Å². The number of aliphatic imine (C=N–C) groups is 1. The van der Waals surface area contributed by atoms with Crippen LogP contribution in [0.3, 0.4) is 0 Å². The maximum Gasteiger partial charge on any atom is 0.270 e. The van der Waals surface area contributed by atoms with E-state index < -0.39 is 0 Å². The normalized spacial score (nSPS) is 16.3. The number of benzene rings is 2. The molecule has 2 aliphatic heterocycles. The van der Waals surface area contributed by atoms with Gasteiger partial charge in [0.2, 0.25) is 0 Å². The number of hydrogen-bond donors (Lipinski definition) is 0. The van der Waals surface area contributed by atoms with E-state index in [1.54, 1.807) is 12.1 Å². The van der Waals surface area contributed by atoms with Crippen molar-refractivity contribution in [3.05, 3.63) is 81.4 Å². The van der Waals surface area contributed by atoms with Crippen LogP contribution in [0.1, 0.15) is 22.8 Å². The van der Waals surface area contributed by atoms with Gasteiger partial charge in [0.15, 0.2) is 11.6 Å². The maximum atomic E-state index is 11.5. The number of non-ortho nitro benzene ring substituents is 1. The number of ether oxygens (including phenoxy) is 1. The van der Waals surface area contributed by atoms with Gasteiger partial charge >= 0.3 is 0 Å².